The van der Waals surface area contributed by atoms with Gasteiger partial charge < -0.3 is 5.32 Å². The molecule has 2 amide bonds. The zero-order valence-electron chi connectivity index (χ0n) is 17.8. The van der Waals surface area contributed by atoms with E-state index in [9.17, 15) is 9.59 Å². The maximum absolute atomic E-state index is 13.6. The SMILES string of the molecule is CCc1ccc(N(C(=O)Cc2cccs2)[C@H](C(=O)NC2CCCC2)c2cccs2)cc1. The van der Waals surface area contributed by atoms with Crippen LogP contribution in [-0.4, -0.2) is 17.9 Å². The monoisotopic (exact) mass is 452 g/mol. The third-order valence-electron chi connectivity index (χ3n) is 5.82. The molecule has 1 aromatic carbocycles. The summed E-state index contributed by atoms with van der Waals surface area (Å²) in [4.78, 5) is 30.7. The van der Waals surface area contributed by atoms with E-state index in [2.05, 4.69) is 12.2 Å². The predicted molar refractivity (Wildman–Crippen MR) is 129 cm³/mol. The lowest BCUT2D eigenvalue weighted by atomic mass is 10.1. The lowest BCUT2D eigenvalue weighted by Crippen LogP contribution is -2.46. The number of amides is 2. The minimum atomic E-state index is -0.666. The van der Waals surface area contributed by atoms with Crippen LogP contribution in [0.25, 0.3) is 0 Å². The molecule has 1 fully saturated rings. The minimum absolute atomic E-state index is 0.0633. The summed E-state index contributed by atoms with van der Waals surface area (Å²) in [6.07, 6.45) is 5.53. The molecule has 1 saturated carbocycles. The molecular formula is C25H28N2O2S2. The van der Waals surface area contributed by atoms with E-state index in [1.54, 1.807) is 16.2 Å². The zero-order valence-corrected chi connectivity index (χ0v) is 19.4. The van der Waals surface area contributed by atoms with Crippen LogP contribution < -0.4 is 10.2 Å². The summed E-state index contributed by atoms with van der Waals surface area (Å²) in [6, 6.07) is 15.4. The number of nitrogens with one attached hydrogen (secondary N) is 1. The van der Waals surface area contributed by atoms with E-state index < -0.39 is 6.04 Å². The predicted octanol–water partition coefficient (Wildman–Crippen LogP) is 5.75. The van der Waals surface area contributed by atoms with Crippen molar-refractivity contribution in [1.82, 2.24) is 5.32 Å². The van der Waals surface area contributed by atoms with E-state index in [4.69, 9.17) is 0 Å². The Morgan fingerprint density at radius 1 is 1.03 bits per heavy atom. The molecule has 3 aromatic rings. The van der Waals surface area contributed by atoms with Crippen molar-refractivity contribution < 1.29 is 9.59 Å². The average molecular weight is 453 g/mol. The molecule has 2 aromatic heterocycles. The molecule has 162 valence electrons. The van der Waals surface area contributed by atoms with E-state index >= 15 is 0 Å². The molecule has 2 heterocycles. The highest BCUT2D eigenvalue weighted by Crippen LogP contribution is 2.32. The normalized spacial score (nSPS) is 15.0. The van der Waals surface area contributed by atoms with Crippen LogP contribution in [0.2, 0.25) is 0 Å². The van der Waals surface area contributed by atoms with Crippen LogP contribution in [0.1, 0.15) is 54.0 Å². The van der Waals surface area contributed by atoms with Gasteiger partial charge in [-0.3, -0.25) is 14.5 Å². The fourth-order valence-corrected chi connectivity index (χ4v) is 5.66. The van der Waals surface area contributed by atoms with Crippen LogP contribution >= 0.6 is 22.7 Å². The summed E-state index contributed by atoms with van der Waals surface area (Å²) in [5.74, 6) is -0.153. The number of rotatable bonds is 8. The molecule has 0 aliphatic heterocycles. The second-order valence-corrected chi connectivity index (χ2v) is 9.96. The molecule has 1 atom stereocenters. The highest BCUT2D eigenvalue weighted by atomic mass is 32.1. The van der Waals surface area contributed by atoms with Gasteiger partial charge >= 0.3 is 0 Å². The van der Waals surface area contributed by atoms with Crippen LogP contribution in [0.3, 0.4) is 0 Å². The molecule has 31 heavy (non-hydrogen) atoms. The van der Waals surface area contributed by atoms with Crippen LogP contribution in [0.4, 0.5) is 5.69 Å². The fraction of sp³-hybridized carbons (Fsp3) is 0.360. The zero-order chi connectivity index (χ0) is 21.6. The number of carbonyl (C=O) groups excluding carboxylic acids is 2. The van der Waals surface area contributed by atoms with Crippen molar-refractivity contribution in [2.45, 2.75) is 57.5 Å². The van der Waals surface area contributed by atoms with Gasteiger partial charge in [-0.25, -0.2) is 0 Å². The summed E-state index contributed by atoms with van der Waals surface area (Å²) in [5, 5.41) is 7.17. The minimum Gasteiger partial charge on any atom is -0.351 e. The van der Waals surface area contributed by atoms with Crippen LogP contribution in [-0.2, 0) is 22.4 Å². The number of hydrogen-bond donors (Lipinski definition) is 1. The van der Waals surface area contributed by atoms with Gasteiger partial charge in [-0.05, 0) is 59.9 Å². The molecule has 1 N–H and O–H groups in total. The van der Waals surface area contributed by atoms with Crippen molar-refractivity contribution in [3.63, 3.8) is 0 Å². The second-order valence-electron chi connectivity index (χ2n) is 7.95. The van der Waals surface area contributed by atoms with E-state index in [-0.39, 0.29) is 24.3 Å². The molecule has 0 saturated heterocycles. The summed E-state index contributed by atoms with van der Waals surface area (Å²) in [5.41, 5.74) is 1.97. The molecule has 1 aliphatic rings. The van der Waals surface area contributed by atoms with Gasteiger partial charge in [0.25, 0.3) is 0 Å². The van der Waals surface area contributed by atoms with Gasteiger partial charge in [-0.2, -0.15) is 0 Å². The Balaban J connectivity index is 1.70. The first kappa shape index (κ1) is 21.8. The average Bonchev–Trinajstić information content (AvgIpc) is 3.55. The van der Waals surface area contributed by atoms with Gasteiger partial charge in [0.2, 0.25) is 11.8 Å². The summed E-state index contributed by atoms with van der Waals surface area (Å²) in [7, 11) is 0. The van der Waals surface area contributed by atoms with Gasteiger partial charge in [0.1, 0.15) is 6.04 Å². The number of carbonyl (C=O) groups is 2. The molecule has 6 heteroatoms. The Morgan fingerprint density at radius 3 is 2.35 bits per heavy atom. The molecule has 1 aliphatic carbocycles. The molecule has 4 rings (SSSR count). The largest absolute Gasteiger partial charge is 0.351 e. The van der Waals surface area contributed by atoms with Crippen molar-refractivity contribution in [3.8, 4) is 0 Å². The first-order chi connectivity index (χ1) is 15.2. The number of anilines is 1. The van der Waals surface area contributed by atoms with Crippen LogP contribution in [0.15, 0.2) is 59.3 Å². The molecule has 0 unspecified atom stereocenters. The summed E-state index contributed by atoms with van der Waals surface area (Å²) in [6.45, 7) is 2.11. The first-order valence-corrected chi connectivity index (χ1v) is 12.7. The number of hydrogen-bond acceptors (Lipinski definition) is 4. The Kier molecular flexibility index (Phi) is 7.20. The van der Waals surface area contributed by atoms with E-state index in [0.29, 0.717) is 0 Å². The van der Waals surface area contributed by atoms with Crippen molar-refractivity contribution in [2.75, 3.05) is 4.90 Å². The van der Waals surface area contributed by atoms with Crippen molar-refractivity contribution in [2.24, 2.45) is 0 Å². The third kappa shape index (κ3) is 5.25. The molecule has 0 radical (unpaired) electrons. The number of benzene rings is 1. The Morgan fingerprint density at radius 2 is 1.74 bits per heavy atom. The van der Waals surface area contributed by atoms with Gasteiger partial charge in [-0.15, -0.1) is 22.7 Å². The molecule has 0 bridgehead atoms. The van der Waals surface area contributed by atoms with E-state index in [1.807, 2.05) is 59.3 Å². The maximum atomic E-state index is 13.6. The van der Waals surface area contributed by atoms with Crippen molar-refractivity contribution in [1.29, 1.82) is 0 Å². The van der Waals surface area contributed by atoms with Crippen molar-refractivity contribution in [3.05, 3.63) is 74.6 Å². The topological polar surface area (TPSA) is 49.4 Å². The van der Waals surface area contributed by atoms with Crippen LogP contribution in [0, 0.1) is 0 Å². The quantitative estimate of drug-likeness (QED) is 0.473. The van der Waals surface area contributed by atoms with Gasteiger partial charge in [0, 0.05) is 21.5 Å². The highest BCUT2D eigenvalue weighted by molar-refractivity contribution is 7.10. The standard InChI is InChI=1S/C25H28N2O2S2/c1-2-18-11-13-20(14-12-18)27(23(28)17-21-9-5-15-30-21)24(22-10-6-16-31-22)25(29)26-19-7-3-4-8-19/h5-6,9-16,19,24H,2-4,7-8,17H2,1H3,(H,26,29)/t24-/m0/s1. The smallest absolute Gasteiger partial charge is 0.248 e. The summed E-state index contributed by atoms with van der Waals surface area (Å²) < 4.78 is 0. The molecule has 0 spiro atoms. The Hall–Kier alpha value is -2.44. The van der Waals surface area contributed by atoms with Gasteiger partial charge in [-0.1, -0.05) is 44.0 Å². The lowest BCUT2D eigenvalue weighted by molar-refractivity contribution is -0.126. The highest BCUT2D eigenvalue weighted by Gasteiger charge is 2.35. The van der Waals surface area contributed by atoms with Crippen molar-refractivity contribution >= 4 is 40.2 Å². The first-order valence-electron chi connectivity index (χ1n) is 10.9. The molecule has 4 nitrogen and oxygen atoms in total. The number of nitrogens with zero attached hydrogens (tertiary/aromatic N) is 1. The fourth-order valence-electron chi connectivity index (χ4n) is 4.15. The Labute approximate surface area is 191 Å². The Bertz CT molecular complexity index is 975. The second kappa shape index (κ2) is 10.2. The molecular weight excluding hydrogens is 424 g/mol. The lowest BCUT2D eigenvalue weighted by Gasteiger charge is -2.31. The maximum Gasteiger partial charge on any atom is 0.248 e. The number of aryl methyl sites for hydroxylation is 1. The van der Waals surface area contributed by atoms with Crippen LogP contribution in [0.5, 0.6) is 0 Å². The summed E-state index contributed by atoms with van der Waals surface area (Å²) >= 11 is 3.09. The number of thiophene rings is 2. The van der Waals surface area contributed by atoms with Gasteiger partial charge in [0.05, 0.1) is 6.42 Å². The van der Waals surface area contributed by atoms with E-state index in [1.165, 1.54) is 16.9 Å². The third-order valence-corrected chi connectivity index (χ3v) is 7.62. The van der Waals surface area contributed by atoms with E-state index in [0.717, 1.165) is 47.5 Å². The van der Waals surface area contributed by atoms with Gasteiger partial charge in [0.15, 0.2) is 0 Å².